The molecule has 2 atom stereocenters. The number of amides is 1. The van der Waals surface area contributed by atoms with Gasteiger partial charge in [-0.25, -0.2) is 4.68 Å². The summed E-state index contributed by atoms with van der Waals surface area (Å²) in [6.07, 6.45) is 7.43. The molecule has 2 aliphatic heterocycles. The Morgan fingerprint density at radius 1 is 1.39 bits per heavy atom. The molecule has 0 saturated carbocycles. The van der Waals surface area contributed by atoms with E-state index in [9.17, 15) is 4.79 Å². The van der Waals surface area contributed by atoms with Crippen LogP contribution in [0.25, 0.3) is 0 Å². The second-order valence-corrected chi connectivity index (χ2v) is 6.08. The van der Waals surface area contributed by atoms with E-state index in [4.69, 9.17) is 4.74 Å². The molecule has 1 saturated heterocycles. The molecule has 4 rings (SSSR count). The Balaban J connectivity index is 1.36. The summed E-state index contributed by atoms with van der Waals surface area (Å²) >= 11 is 0. The van der Waals surface area contributed by atoms with Crippen LogP contribution < -0.4 is 0 Å². The van der Waals surface area contributed by atoms with Crippen molar-refractivity contribution >= 4 is 5.91 Å². The van der Waals surface area contributed by atoms with Gasteiger partial charge in [0.2, 0.25) is 5.91 Å². The van der Waals surface area contributed by atoms with E-state index in [-0.39, 0.29) is 18.1 Å². The van der Waals surface area contributed by atoms with Crippen LogP contribution in [0.15, 0.2) is 30.7 Å². The molecule has 7 nitrogen and oxygen atoms in total. The van der Waals surface area contributed by atoms with Gasteiger partial charge in [0.1, 0.15) is 0 Å². The molecule has 0 spiro atoms. The standard InChI is InChI=1S/C16H19N5O2/c22-16(4-3-12-2-1-6-17-8-12)20-7-5-14-15(10-20)23-11-13-9-18-19-21(13)14/h1-2,6,8-9,14-15H,3-5,7,10-11H2/t14-,15-/m0/s1. The Labute approximate surface area is 134 Å². The van der Waals surface area contributed by atoms with Gasteiger partial charge < -0.3 is 9.64 Å². The van der Waals surface area contributed by atoms with Crippen molar-refractivity contribution in [3.05, 3.63) is 42.0 Å². The van der Waals surface area contributed by atoms with Crippen molar-refractivity contribution in [2.45, 2.75) is 38.0 Å². The quantitative estimate of drug-likeness (QED) is 0.844. The molecule has 2 aromatic rings. The number of rotatable bonds is 3. The first-order valence-electron chi connectivity index (χ1n) is 7.98. The summed E-state index contributed by atoms with van der Waals surface area (Å²) < 4.78 is 7.87. The van der Waals surface area contributed by atoms with E-state index in [1.54, 1.807) is 12.4 Å². The highest BCUT2D eigenvalue weighted by Gasteiger charge is 2.37. The lowest BCUT2D eigenvalue weighted by Crippen LogP contribution is -2.50. The van der Waals surface area contributed by atoms with Gasteiger partial charge in [-0.15, -0.1) is 5.10 Å². The van der Waals surface area contributed by atoms with Crippen LogP contribution in [-0.2, 0) is 22.6 Å². The number of hydrogen-bond donors (Lipinski definition) is 0. The van der Waals surface area contributed by atoms with Gasteiger partial charge in [0.05, 0.1) is 30.6 Å². The van der Waals surface area contributed by atoms with Crippen molar-refractivity contribution in [3.63, 3.8) is 0 Å². The third-order valence-corrected chi connectivity index (χ3v) is 4.64. The van der Waals surface area contributed by atoms with Crippen molar-refractivity contribution < 1.29 is 9.53 Å². The maximum atomic E-state index is 12.5. The maximum Gasteiger partial charge on any atom is 0.222 e. The number of aromatic nitrogens is 4. The summed E-state index contributed by atoms with van der Waals surface area (Å²) in [5.74, 6) is 0.181. The minimum absolute atomic E-state index is 0.0142. The SMILES string of the molecule is O=C(CCc1cccnc1)N1CC[C@H]2[C@H](C1)OCc1cnnn12. The maximum absolute atomic E-state index is 12.5. The van der Waals surface area contributed by atoms with E-state index < -0.39 is 0 Å². The highest BCUT2D eigenvalue weighted by molar-refractivity contribution is 5.76. The molecular formula is C16H19N5O2. The first-order chi connectivity index (χ1) is 11.3. The number of nitrogens with zero attached hydrogens (tertiary/aromatic N) is 5. The summed E-state index contributed by atoms with van der Waals surface area (Å²) in [5, 5.41) is 8.12. The van der Waals surface area contributed by atoms with Crippen LogP contribution in [0, 0.1) is 0 Å². The molecule has 1 fully saturated rings. The molecule has 0 unspecified atom stereocenters. The Morgan fingerprint density at radius 2 is 2.35 bits per heavy atom. The zero-order valence-corrected chi connectivity index (χ0v) is 12.8. The van der Waals surface area contributed by atoms with Crippen LogP contribution in [0.2, 0.25) is 0 Å². The fourth-order valence-electron chi connectivity index (χ4n) is 3.37. The largest absolute Gasteiger partial charge is 0.368 e. The fourth-order valence-corrected chi connectivity index (χ4v) is 3.37. The van der Waals surface area contributed by atoms with Gasteiger partial charge in [-0.2, -0.15) is 0 Å². The lowest BCUT2D eigenvalue weighted by Gasteiger charge is -2.41. The Hall–Kier alpha value is -2.28. The number of likely N-dealkylation sites (tertiary alicyclic amines) is 1. The molecule has 0 aromatic carbocycles. The monoisotopic (exact) mass is 313 g/mol. The van der Waals surface area contributed by atoms with Crippen molar-refractivity contribution in [2.24, 2.45) is 0 Å². The number of pyridine rings is 1. The Morgan fingerprint density at radius 3 is 3.22 bits per heavy atom. The van der Waals surface area contributed by atoms with Gasteiger partial charge in [-0.3, -0.25) is 9.78 Å². The van der Waals surface area contributed by atoms with Crippen LogP contribution in [0.4, 0.5) is 0 Å². The molecule has 0 radical (unpaired) electrons. The highest BCUT2D eigenvalue weighted by Crippen LogP contribution is 2.30. The number of ether oxygens (including phenoxy) is 1. The van der Waals surface area contributed by atoms with Gasteiger partial charge in [0, 0.05) is 31.9 Å². The topological polar surface area (TPSA) is 73.1 Å². The minimum Gasteiger partial charge on any atom is -0.368 e. The minimum atomic E-state index is 0.0142. The van der Waals surface area contributed by atoms with Gasteiger partial charge in [0.25, 0.3) is 0 Å². The first kappa shape index (κ1) is 14.3. The average Bonchev–Trinajstić information content (AvgIpc) is 3.09. The predicted octanol–water partition coefficient (Wildman–Crippen LogP) is 0.978. The summed E-state index contributed by atoms with van der Waals surface area (Å²) in [4.78, 5) is 18.5. The van der Waals surface area contributed by atoms with Crippen LogP contribution in [0.1, 0.15) is 30.1 Å². The van der Waals surface area contributed by atoms with Crippen molar-refractivity contribution in [2.75, 3.05) is 13.1 Å². The molecule has 120 valence electrons. The third-order valence-electron chi connectivity index (χ3n) is 4.64. The molecule has 23 heavy (non-hydrogen) atoms. The molecule has 2 aromatic heterocycles. The zero-order valence-electron chi connectivity index (χ0n) is 12.8. The smallest absolute Gasteiger partial charge is 0.222 e. The Bertz CT molecular complexity index is 687. The fraction of sp³-hybridized carbons (Fsp3) is 0.500. The molecule has 4 heterocycles. The normalized spacial score (nSPS) is 23.2. The summed E-state index contributed by atoms with van der Waals surface area (Å²) in [7, 11) is 0. The van der Waals surface area contributed by atoms with E-state index in [2.05, 4.69) is 15.3 Å². The molecule has 0 bridgehead atoms. The Kier molecular flexibility index (Phi) is 3.78. The van der Waals surface area contributed by atoms with E-state index >= 15 is 0 Å². The van der Waals surface area contributed by atoms with Gasteiger partial charge in [-0.05, 0) is 24.5 Å². The van der Waals surface area contributed by atoms with Gasteiger partial charge in [-0.1, -0.05) is 11.3 Å². The van der Waals surface area contributed by atoms with E-state index in [0.29, 0.717) is 19.6 Å². The number of fused-ring (bicyclic) bond motifs is 3. The highest BCUT2D eigenvalue weighted by atomic mass is 16.5. The average molecular weight is 313 g/mol. The van der Waals surface area contributed by atoms with Crippen molar-refractivity contribution in [1.29, 1.82) is 0 Å². The number of carbonyl (C=O) groups is 1. The van der Waals surface area contributed by atoms with Crippen LogP contribution >= 0.6 is 0 Å². The second kappa shape index (κ2) is 6.08. The molecule has 1 amide bonds. The molecule has 0 N–H and O–H groups in total. The van der Waals surface area contributed by atoms with E-state index in [0.717, 1.165) is 30.6 Å². The zero-order chi connectivity index (χ0) is 15.6. The van der Waals surface area contributed by atoms with Crippen LogP contribution in [-0.4, -0.2) is 50.0 Å². The summed E-state index contributed by atoms with van der Waals surface area (Å²) in [6.45, 7) is 1.90. The lowest BCUT2D eigenvalue weighted by atomic mass is 9.99. The third kappa shape index (κ3) is 2.84. The second-order valence-electron chi connectivity index (χ2n) is 6.08. The molecule has 7 heteroatoms. The van der Waals surface area contributed by atoms with Crippen molar-refractivity contribution in [1.82, 2.24) is 24.9 Å². The molecule has 0 aliphatic carbocycles. The lowest BCUT2D eigenvalue weighted by molar-refractivity contribution is -0.139. The summed E-state index contributed by atoms with van der Waals surface area (Å²) in [5.41, 5.74) is 2.11. The van der Waals surface area contributed by atoms with Crippen LogP contribution in [0.5, 0.6) is 0 Å². The number of piperidine rings is 1. The summed E-state index contributed by atoms with van der Waals surface area (Å²) in [6, 6.07) is 4.10. The predicted molar refractivity (Wildman–Crippen MR) is 81.4 cm³/mol. The number of aryl methyl sites for hydroxylation is 1. The van der Waals surface area contributed by atoms with Crippen molar-refractivity contribution in [3.8, 4) is 0 Å². The van der Waals surface area contributed by atoms with E-state index in [1.165, 1.54) is 0 Å². The van der Waals surface area contributed by atoms with Gasteiger partial charge in [0.15, 0.2) is 0 Å². The van der Waals surface area contributed by atoms with Crippen LogP contribution in [0.3, 0.4) is 0 Å². The molecular weight excluding hydrogens is 294 g/mol. The first-order valence-corrected chi connectivity index (χ1v) is 7.98. The number of carbonyl (C=O) groups excluding carboxylic acids is 1. The van der Waals surface area contributed by atoms with E-state index in [1.807, 2.05) is 27.9 Å². The number of hydrogen-bond acceptors (Lipinski definition) is 5. The molecule has 2 aliphatic rings. The van der Waals surface area contributed by atoms with Gasteiger partial charge >= 0.3 is 0 Å².